The molecule has 2 aliphatic rings. The number of sulfonamides is 1. The minimum absolute atomic E-state index is 0.234. The Labute approximate surface area is 153 Å². The van der Waals surface area contributed by atoms with Gasteiger partial charge in [0.05, 0.1) is 17.0 Å². The molecule has 5 nitrogen and oxygen atoms in total. The van der Waals surface area contributed by atoms with Gasteiger partial charge in [-0.2, -0.15) is 16.1 Å². The van der Waals surface area contributed by atoms with Gasteiger partial charge in [0.15, 0.2) is 0 Å². The van der Waals surface area contributed by atoms with Gasteiger partial charge in [-0.25, -0.2) is 8.42 Å². The summed E-state index contributed by atoms with van der Waals surface area (Å²) in [6.07, 6.45) is 2.08. The maximum absolute atomic E-state index is 12.9. The molecule has 1 unspecified atom stereocenters. The number of thioether (sulfide) groups is 1. The summed E-state index contributed by atoms with van der Waals surface area (Å²) in [6.45, 7) is 2.87. The summed E-state index contributed by atoms with van der Waals surface area (Å²) in [6, 6.07) is 5.25. The number of rotatable bonds is 4. The summed E-state index contributed by atoms with van der Waals surface area (Å²) in [4.78, 5) is 2.69. The van der Waals surface area contributed by atoms with E-state index in [9.17, 15) is 8.42 Å². The Morgan fingerprint density at radius 1 is 1.25 bits per heavy atom. The van der Waals surface area contributed by atoms with Crippen LogP contribution in [0.2, 0.25) is 5.02 Å². The van der Waals surface area contributed by atoms with Gasteiger partial charge in [0, 0.05) is 31.4 Å². The molecule has 134 valence electrons. The molecule has 1 aromatic carbocycles. The van der Waals surface area contributed by atoms with E-state index in [0.29, 0.717) is 29.9 Å². The van der Waals surface area contributed by atoms with Crippen molar-refractivity contribution in [2.24, 2.45) is 0 Å². The zero-order valence-corrected chi connectivity index (χ0v) is 16.2. The van der Waals surface area contributed by atoms with Gasteiger partial charge in [0.25, 0.3) is 0 Å². The van der Waals surface area contributed by atoms with Gasteiger partial charge in [-0.15, -0.1) is 0 Å². The predicted molar refractivity (Wildman–Crippen MR) is 98.7 cm³/mol. The van der Waals surface area contributed by atoms with Gasteiger partial charge in [0.1, 0.15) is 5.75 Å². The topological polar surface area (TPSA) is 49.9 Å². The molecule has 0 aliphatic carbocycles. The summed E-state index contributed by atoms with van der Waals surface area (Å²) in [5.74, 6) is 2.87. The number of halogens is 1. The van der Waals surface area contributed by atoms with E-state index in [0.717, 1.165) is 19.5 Å². The van der Waals surface area contributed by atoms with E-state index in [2.05, 4.69) is 4.90 Å². The Bertz CT molecular complexity index is 678. The smallest absolute Gasteiger partial charge is 0.243 e. The normalized spacial score (nSPS) is 24.0. The van der Waals surface area contributed by atoms with Gasteiger partial charge < -0.3 is 4.74 Å². The molecule has 0 N–H and O–H groups in total. The van der Waals surface area contributed by atoms with E-state index in [4.69, 9.17) is 16.3 Å². The molecule has 2 aliphatic heterocycles. The van der Waals surface area contributed by atoms with Crippen molar-refractivity contribution in [3.8, 4) is 5.75 Å². The molecule has 0 saturated carbocycles. The first-order chi connectivity index (χ1) is 11.5. The largest absolute Gasteiger partial charge is 0.495 e. The van der Waals surface area contributed by atoms with Crippen molar-refractivity contribution in [2.75, 3.05) is 44.8 Å². The Morgan fingerprint density at radius 3 is 2.75 bits per heavy atom. The van der Waals surface area contributed by atoms with Gasteiger partial charge >= 0.3 is 0 Å². The Balaban J connectivity index is 1.73. The van der Waals surface area contributed by atoms with Crippen molar-refractivity contribution in [3.63, 3.8) is 0 Å². The van der Waals surface area contributed by atoms with Crippen LogP contribution in [0.25, 0.3) is 0 Å². The van der Waals surface area contributed by atoms with Gasteiger partial charge in [0.2, 0.25) is 10.0 Å². The van der Waals surface area contributed by atoms with Gasteiger partial charge in [-0.1, -0.05) is 11.6 Å². The fourth-order valence-electron chi connectivity index (χ4n) is 3.29. The molecule has 0 spiro atoms. The molecule has 1 aromatic rings. The third-order valence-corrected chi connectivity index (χ3v) is 8.01. The summed E-state index contributed by atoms with van der Waals surface area (Å²) >= 11 is 8.09. The highest BCUT2D eigenvalue weighted by atomic mass is 35.5. The van der Waals surface area contributed by atoms with E-state index in [-0.39, 0.29) is 4.90 Å². The van der Waals surface area contributed by atoms with Gasteiger partial charge in [-0.3, -0.25) is 4.90 Å². The monoisotopic (exact) mass is 390 g/mol. The lowest BCUT2D eigenvalue weighted by atomic mass is 10.2. The summed E-state index contributed by atoms with van der Waals surface area (Å²) < 4.78 is 32.5. The molecule has 2 fully saturated rings. The second-order valence-corrected chi connectivity index (χ2v) is 9.60. The van der Waals surface area contributed by atoms with Crippen LogP contribution in [0.4, 0.5) is 0 Å². The lowest BCUT2D eigenvalue weighted by molar-refractivity contribution is 0.223. The quantitative estimate of drug-likeness (QED) is 0.790. The van der Waals surface area contributed by atoms with Crippen LogP contribution in [0.15, 0.2) is 23.1 Å². The average Bonchev–Trinajstić information content (AvgIpc) is 2.98. The van der Waals surface area contributed by atoms with Crippen LogP contribution in [-0.4, -0.2) is 68.5 Å². The Morgan fingerprint density at radius 2 is 2.08 bits per heavy atom. The van der Waals surface area contributed by atoms with E-state index in [1.807, 2.05) is 11.8 Å². The zero-order valence-electron chi connectivity index (χ0n) is 13.8. The number of benzene rings is 1. The molecule has 8 heteroatoms. The molecule has 0 amide bonds. The highest BCUT2D eigenvalue weighted by molar-refractivity contribution is 7.99. The van der Waals surface area contributed by atoms with Crippen molar-refractivity contribution in [1.82, 2.24) is 9.21 Å². The van der Waals surface area contributed by atoms with E-state index < -0.39 is 10.0 Å². The molecule has 2 saturated heterocycles. The third-order valence-electron chi connectivity index (χ3n) is 4.67. The maximum Gasteiger partial charge on any atom is 0.243 e. The zero-order chi connectivity index (χ0) is 17.2. The van der Waals surface area contributed by atoms with Crippen LogP contribution in [0.3, 0.4) is 0 Å². The van der Waals surface area contributed by atoms with Crippen molar-refractivity contribution in [1.29, 1.82) is 0 Å². The van der Waals surface area contributed by atoms with Crippen molar-refractivity contribution < 1.29 is 13.2 Å². The first kappa shape index (κ1) is 18.3. The lowest BCUT2D eigenvalue weighted by Crippen LogP contribution is -2.39. The van der Waals surface area contributed by atoms with Crippen LogP contribution in [0.5, 0.6) is 5.75 Å². The fraction of sp³-hybridized carbons (Fsp3) is 0.625. The van der Waals surface area contributed by atoms with Crippen LogP contribution >= 0.6 is 23.4 Å². The molecule has 1 atom stereocenters. The second-order valence-electron chi connectivity index (χ2n) is 6.11. The van der Waals surface area contributed by atoms with Crippen LogP contribution < -0.4 is 4.74 Å². The molecule has 24 heavy (non-hydrogen) atoms. The SMILES string of the molecule is COc1ccc(S(=O)(=O)N2CCCN(C3CCSC3)CC2)cc1Cl. The highest BCUT2D eigenvalue weighted by Crippen LogP contribution is 2.29. The van der Waals surface area contributed by atoms with Gasteiger partial charge in [-0.05, 0) is 43.3 Å². The van der Waals surface area contributed by atoms with Crippen molar-refractivity contribution >= 4 is 33.4 Å². The van der Waals surface area contributed by atoms with Crippen LogP contribution in [0.1, 0.15) is 12.8 Å². The first-order valence-corrected chi connectivity index (χ1v) is 11.1. The van der Waals surface area contributed by atoms with E-state index >= 15 is 0 Å². The minimum atomic E-state index is -3.52. The Kier molecular flexibility index (Phi) is 5.98. The maximum atomic E-state index is 12.9. The molecular weight excluding hydrogens is 368 g/mol. The standard InChI is InChI=1S/C16H23ClN2O3S2/c1-22-16-4-3-14(11-15(16)17)24(20,21)19-7-2-6-18(8-9-19)13-5-10-23-12-13/h3-4,11,13H,2,5-10,12H2,1H3. The van der Waals surface area contributed by atoms with Crippen molar-refractivity contribution in [2.45, 2.75) is 23.8 Å². The third kappa shape index (κ3) is 3.85. The molecular formula is C16H23ClN2O3S2. The number of hydrogen-bond acceptors (Lipinski definition) is 5. The number of ether oxygens (including phenoxy) is 1. The van der Waals surface area contributed by atoms with E-state index in [1.54, 1.807) is 16.4 Å². The van der Waals surface area contributed by atoms with Crippen LogP contribution in [-0.2, 0) is 10.0 Å². The number of nitrogens with zero attached hydrogens (tertiary/aromatic N) is 2. The fourth-order valence-corrected chi connectivity index (χ4v) is 6.36. The molecule has 0 aromatic heterocycles. The van der Waals surface area contributed by atoms with E-state index in [1.165, 1.54) is 31.1 Å². The summed E-state index contributed by atoms with van der Waals surface area (Å²) in [7, 11) is -2.00. The van der Waals surface area contributed by atoms with Crippen LogP contribution in [0, 0.1) is 0 Å². The second kappa shape index (κ2) is 7.83. The van der Waals surface area contributed by atoms with Crippen molar-refractivity contribution in [3.05, 3.63) is 23.2 Å². The lowest BCUT2D eigenvalue weighted by Gasteiger charge is -2.26. The minimum Gasteiger partial charge on any atom is -0.495 e. The summed E-state index contributed by atoms with van der Waals surface area (Å²) in [5, 5.41) is 0.318. The molecule has 2 heterocycles. The molecule has 0 radical (unpaired) electrons. The number of methoxy groups -OCH3 is 1. The molecule has 0 bridgehead atoms. The summed E-state index contributed by atoms with van der Waals surface area (Å²) in [5.41, 5.74) is 0. The molecule has 3 rings (SSSR count). The first-order valence-electron chi connectivity index (χ1n) is 8.18. The average molecular weight is 391 g/mol. The Hall–Kier alpha value is -0.470. The number of hydrogen-bond donors (Lipinski definition) is 0. The predicted octanol–water partition coefficient (Wildman–Crippen LogP) is 2.55. The highest BCUT2D eigenvalue weighted by Gasteiger charge is 2.30.